The minimum Gasteiger partial charge on any atom is -0.480 e. The van der Waals surface area contributed by atoms with Gasteiger partial charge in [0.2, 0.25) is 0 Å². The maximum Gasteiger partial charge on any atom is 0.322 e. The maximum atomic E-state index is 12.2. The van der Waals surface area contributed by atoms with Crippen LogP contribution in [0.4, 0.5) is 0 Å². The molecule has 5 nitrogen and oxygen atoms in total. The van der Waals surface area contributed by atoms with Crippen LogP contribution < -0.4 is 0 Å². The van der Waals surface area contributed by atoms with Gasteiger partial charge in [-0.05, 0) is 32.1 Å². The van der Waals surface area contributed by atoms with E-state index in [9.17, 15) is 13.2 Å². The van der Waals surface area contributed by atoms with Crippen LogP contribution in [0.3, 0.4) is 0 Å². The number of carboxylic acids is 1. The maximum absolute atomic E-state index is 12.2. The second kappa shape index (κ2) is 4.00. The van der Waals surface area contributed by atoms with Gasteiger partial charge < -0.3 is 9.84 Å². The lowest BCUT2D eigenvalue weighted by Gasteiger charge is -2.20. The third-order valence-corrected chi connectivity index (χ3v) is 6.13. The van der Waals surface area contributed by atoms with Gasteiger partial charge in [0.05, 0.1) is 11.4 Å². The van der Waals surface area contributed by atoms with Crippen molar-refractivity contribution in [1.82, 2.24) is 0 Å². The highest BCUT2D eigenvalue weighted by atomic mass is 32.2. The number of hydrogen-bond acceptors (Lipinski definition) is 4. The number of hydrogen-bond donors (Lipinski definition) is 1. The van der Waals surface area contributed by atoms with E-state index in [1.807, 2.05) is 0 Å². The zero-order valence-electron chi connectivity index (χ0n) is 9.13. The van der Waals surface area contributed by atoms with E-state index in [-0.39, 0.29) is 12.0 Å². The van der Waals surface area contributed by atoms with Crippen LogP contribution in [0.15, 0.2) is 0 Å². The molecular formula is C10H16O5S. The summed E-state index contributed by atoms with van der Waals surface area (Å²) in [6.45, 7) is 2.10. The molecule has 3 unspecified atom stereocenters. The van der Waals surface area contributed by atoms with Crippen molar-refractivity contribution < 1.29 is 23.1 Å². The van der Waals surface area contributed by atoms with Crippen LogP contribution >= 0.6 is 0 Å². The van der Waals surface area contributed by atoms with Gasteiger partial charge in [-0.2, -0.15) is 0 Å². The van der Waals surface area contributed by atoms with Gasteiger partial charge >= 0.3 is 5.97 Å². The first-order valence-electron chi connectivity index (χ1n) is 5.51. The standard InChI is InChI=1S/C10H16O5S/c1-6-8(4-5-15-6)16(13,14)9(10(11)12)7-2-3-7/h6-9H,2-5H2,1H3,(H,11,12). The lowest BCUT2D eigenvalue weighted by Crippen LogP contribution is -2.41. The fourth-order valence-electron chi connectivity index (χ4n) is 2.34. The van der Waals surface area contributed by atoms with Crippen molar-refractivity contribution in [1.29, 1.82) is 0 Å². The van der Waals surface area contributed by atoms with E-state index in [4.69, 9.17) is 9.84 Å². The molecule has 2 aliphatic rings. The second-order valence-electron chi connectivity index (χ2n) is 4.59. The van der Waals surface area contributed by atoms with Crippen LogP contribution in [0.1, 0.15) is 26.2 Å². The molecule has 2 fully saturated rings. The fraction of sp³-hybridized carbons (Fsp3) is 0.900. The van der Waals surface area contributed by atoms with Crippen LogP contribution in [-0.2, 0) is 19.4 Å². The molecule has 0 aromatic heterocycles. The Morgan fingerprint density at radius 2 is 2.00 bits per heavy atom. The van der Waals surface area contributed by atoms with E-state index < -0.39 is 26.3 Å². The summed E-state index contributed by atoms with van der Waals surface area (Å²) in [7, 11) is -3.61. The van der Waals surface area contributed by atoms with Crippen molar-refractivity contribution in [3.63, 3.8) is 0 Å². The largest absolute Gasteiger partial charge is 0.480 e. The quantitative estimate of drug-likeness (QED) is 0.781. The summed E-state index contributed by atoms with van der Waals surface area (Å²) in [6.07, 6.45) is 1.45. The molecule has 0 amide bonds. The van der Waals surface area contributed by atoms with Crippen molar-refractivity contribution in [2.45, 2.75) is 42.8 Å². The molecule has 92 valence electrons. The molecule has 1 aliphatic heterocycles. The van der Waals surface area contributed by atoms with E-state index >= 15 is 0 Å². The summed E-state index contributed by atoms with van der Waals surface area (Å²) >= 11 is 0. The molecule has 6 heteroatoms. The van der Waals surface area contributed by atoms with Crippen LogP contribution in [0.5, 0.6) is 0 Å². The zero-order chi connectivity index (χ0) is 11.9. The van der Waals surface area contributed by atoms with Gasteiger partial charge in [0.15, 0.2) is 15.1 Å². The monoisotopic (exact) mass is 248 g/mol. The predicted molar refractivity (Wildman–Crippen MR) is 56.9 cm³/mol. The molecule has 2 rings (SSSR count). The summed E-state index contributed by atoms with van der Waals surface area (Å²) in [6, 6.07) is 0. The summed E-state index contributed by atoms with van der Waals surface area (Å²) in [5.41, 5.74) is 0. The molecule has 0 aromatic carbocycles. The molecule has 1 saturated carbocycles. The molecule has 1 saturated heterocycles. The Kier molecular flexibility index (Phi) is 2.96. The van der Waals surface area contributed by atoms with Crippen molar-refractivity contribution in [2.75, 3.05) is 6.61 Å². The van der Waals surface area contributed by atoms with Gasteiger partial charge in [-0.3, -0.25) is 4.79 Å². The van der Waals surface area contributed by atoms with Crippen molar-refractivity contribution in [3.8, 4) is 0 Å². The van der Waals surface area contributed by atoms with E-state index in [0.29, 0.717) is 25.9 Å². The Bertz CT molecular complexity index is 384. The zero-order valence-corrected chi connectivity index (χ0v) is 9.94. The highest BCUT2D eigenvalue weighted by Gasteiger charge is 2.50. The number of rotatable bonds is 4. The van der Waals surface area contributed by atoms with Gasteiger partial charge in [-0.15, -0.1) is 0 Å². The van der Waals surface area contributed by atoms with Gasteiger partial charge in [0, 0.05) is 6.61 Å². The lowest BCUT2D eigenvalue weighted by molar-refractivity contribution is -0.136. The van der Waals surface area contributed by atoms with Gasteiger partial charge in [-0.1, -0.05) is 0 Å². The molecule has 1 N–H and O–H groups in total. The van der Waals surface area contributed by atoms with Crippen molar-refractivity contribution in [3.05, 3.63) is 0 Å². The molecular weight excluding hydrogens is 232 g/mol. The van der Waals surface area contributed by atoms with Gasteiger partial charge in [0.1, 0.15) is 0 Å². The number of sulfone groups is 1. The third kappa shape index (κ3) is 1.96. The van der Waals surface area contributed by atoms with E-state index in [0.717, 1.165) is 0 Å². The highest BCUT2D eigenvalue weighted by Crippen LogP contribution is 2.39. The smallest absolute Gasteiger partial charge is 0.322 e. The Morgan fingerprint density at radius 1 is 1.38 bits per heavy atom. The van der Waals surface area contributed by atoms with Crippen LogP contribution in [0, 0.1) is 5.92 Å². The van der Waals surface area contributed by atoms with Crippen molar-refractivity contribution >= 4 is 15.8 Å². The number of ether oxygens (including phenoxy) is 1. The minimum absolute atomic E-state index is 0.185. The van der Waals surface area contributed by atoms with E-state index in [1.165, 1.54) is 0 Å². The first-order valence-corrected chi connectivity index (χ1v) is 7.12. The molecule has 0 radical (unpaired) electrons. The first-order chi connectivity index (χ1) is 7.44. The molecule has 3 atom stereocenters. The average molecular weight is 248 g/mol. The predicted octanol–water partition coefficient (Wildman–Crippen LogP) is 0.442. The van der Waals surface area contributed by atoms with E-state index in [1.54, 1.807) is 6.92 Å². The SMILES string of the molecule is CC1OCCC1S(=O)(=O)C(C(=O)O)C1CC1. The lowest BCUT2D eigenvalue weighted by atomic mass is 10.2. The average Bonchev–Trinajstić information content (AvgIpc) is 2.85. The van der Waals surface area contributed by atoms with Gasteiger partial charge in [-0.25, -0.2) is 8.42 Å². The fourth-order valence-corrected chi connectivity index (χ4v) is 4.85. The molecule has 1 heterocycles. The van der Waals surface area contributed by atoms with Gasteiger partial charge in [0.25, 0.3) is 0 Å². The molecule has 0 aromatic rings. The number of carbonyl (C=O) groups is 1. The molecule has 16 heavy (non-hydrogen) atoms. The summed E-state index contributed by atoms with van der Waals surface area (Å²) in [5.74, 6) is -1.39. The first kappa shape index (κ1) is 11.9. The normalized spacial score (nSPS) is 32.6. The third-order valence-electron chi connectivity index (χ3n) is 3.38. The number of aliphatic carboxylic acids is 1. The summed E-state index contributed by atoms with van der Waals surface area (Å²) in [5, 5.41) is 7.18. The molecule has 0 spiro atoms. The Labute approximate surface area is 94.7 Å². The number of carboxylic acid groups (broad SMARTS) is 1. The topological polar surface area (TPSA) is 80.7 Å². The van der Waals surface area contributed by atoms with Crippen LogP contribution in [-0.4, -0.2) is 42.7 Å². The Hall–Kier alpha value is -0.620. The Balaban J connectivity index is 2.25. The minimum atomic E-state index is -3.61. The molecule has 1 aliphatic carbocycles. The molecule has 0 bridgehead atoms. The van der Waals surface area contributed by atoms with Crippen molar-refractivity contribution in [2.24, 2.45) is 5.92 Å². The van der Waals surface area contributed by atoms with Crippen LogP contribution in [0.2, 0.25) is 0 Å². The summed E-state index contributed by atoms with van der Waals surface area (Å²) < 4.78 is 29.6. The Morgan fingerprint density at radius 3 is 2.38 bits per heavy atom. The van der Waals surface area contributed by atoms with E-state index in [2.05, 4.69) is 0 Å². The summed E-state index contributed by atoms with van der Waals surface area (Å²) in [4.78, 5) is 11.1. The second-order valence-corrected chi connectivity index (χ2v) is 6.88. The highest BCUT2D eigenvalue weighted by molar-refractivity contribution is 7.93. The van der Waals surface area contributed by atoms with Crippen LogP contribution in [0.25, 0.3) is 0 Å².